The second kappa shape index (κ2) is 3.23. The molecule has 0 aromatic heterocycles. The second-order valence-corrected chi connectivity index (χ2v) is 4.95. The Morgan fingerprint density at radius 3 is 2.62 bits per heavy atom. The van der Waals surface area contributed by atoms with E-state index in [0.717, 1.165) is 18.4 Å². The molecular formula is C10H21N3. The van der Waals surface area contributed by atoms with E-state index < -0.39 is 0 Å². The fourth-order valence-electron chi connectivity index (χ4n) is 3.32. The fraction of sp³-hybridized carbons (Fsp3) is 1.00. The van der Waals surface area contributed by atoms with Crippen LogP contribution in [0.3, 0.4) is 0 Å². The summed E-state index contributed by atoms with van der Waals surface area (Å²) in [5.74, 6) is 1.77. The van der Waals surface area contributed by atoms with E-state index >= 15 is 0 Å². The molecule has 3 heteroatoms. The van der Waals surface area contributed by atoms with Gasteiger partial charge in [0.15, 0.2) is 0 Å². The summed E-state index contributed by atoms with van der Waals surface area (Å²) in [7, 11) is 4.12. The molecule has 0 amide bonds. The zero-order valence-electron chi connectivity index (χ0n) is 8.71. The average molecular weight is 183 g/mol. The van der Waals surface area contributed by atoms with Crippen LogP contribution < -0.4 is 11.2 Å². The molecule has 2 rings (SSSR count). The number of rotatable bonds is 3. The second-order valence-electron chi connectivity index (χ2n) is 4.95. The summed E-state index contributed by atoms with van der Waals surface area (Å²) in [6, 6.07) is 0. The lowest BCUT2D eigenvalue weighted by molar-refractivity contribution is 0.108. The molecule has 0 aromatic carbocycles. The zero-order valence-corrected chi connectivity index (χ0v) is 8.71. The molecule has 0 saturated heterocycles. The third-order valence-corrected chi connectivity index (χ3v) is 3.79. The van der Waals surface area contributed by atoms with E-state index in [1.54, 1.807) is 0 Å². The summed E-state index contributed by atoms with van der Waals surface area (Å²) < 4.78 is 0. The molecule has 2 saturated carbocycles. The molecule has 3 N–H and O–H groups in total. The van der Waals surface area contributed by atoms with Gasteiger partial charge in [0, 0.05) is 26.2 Å². The number of nitrogens with zero attached hydrogens (tertiary/aromatic N) is 1. The first-order valence-electron chi connectivity index (χ1n) is 5.31. The molecule has 0 spiro atoms. The Kier molecular flexibility index (Phi) is 2.34. The van der Waals surface area contributed by atoms with Crippen LogP contribution in [0.25, 0.3) is 0 Å². The Morgan fingerprint density at radius 1 is 1.46 bits per heavy atom. The number of hydrogen-bond donors (Lipinski definition) is 2. The number of hydrazine groups is 1. The highest BCUT2D eigenvalue weighted by atomic mass is 15.5. The minimum absolute atomic E-state index is 0.229. The van der Waals surface area contributed by atoms with Crippen LogP contribution in [-0.4, -0.2) is 31.2 Å². The molecule has 2 fully saturated rings. The van der Waals surface area contributed by atoms with Crippen LogP contribution in [0, 0.1) is 11.8 Å². The van der Waals surface area contributed by atoms with Crippen molar-refractivity contribution in [2.75, 3.05) is 20.6 Å². The largest absolute Gasteiger partial charge is 0.329 e. The molecule has 0 radical (unpaired) electrons. The SMILES string of the molecule is CN(C)NC1(CN)CC2CCC1C2. The molecule has 0 aromatic rings. The van der Waals surface area contributed by atoms with Crippen LogP contribution in [0.15, 0.2) is 0 Å². The molecule has 3 unspecified atom stereocenters. The van der Waals surface area contributed by atoms with Crippen molar-refractivity contribution in [3.05, 3.63) is 0 Å². The number of nitrogens with one attached hydrogen (secondary N) is 1. The van der Waals surface area contributed by atoms with Crippen molar-refractivity contribution in [3.8, 4) is 0 Å². The Hall–Kier alpha value is -0.120. The van der Waals surface area contributed by atoms with Gasteiger partial charge >= 0.3 is 0 Å². The van der Waals surface area contributed by atoms with Crippen molar-refractivity contribution >= 4 is 0 Å². The summed E-state index contributed by atoms with van der Waals surface area (Å²) in [5, 5.41) is 2.06. The van der Waals surface area contributed by atoms with Gasteiger partial charge in [-0.05, 0) is 31.1 Å². The molecule has 2 aliphatic carbocycles. The zero-order chi connectivity index (χ0) is 9.47. The van der Waals surface area contributed by atoms with Crippen molar-refractivity contribution in [1.29, 1.82) is 0 Å². The lowest BCUT2D eigenvalue weighted by Gasteiger charge is -2.39. The molecule has 13 heavy (non-hydrogen) atoms. The van der Waals surface area contributed by atoms with Gasteiger partial charge in [-0.2, -0.15) is 0 Å². The summed E-state index contributed by atoms with van der Waals surface area (Å²) in [4.78, 5) is 0. The Morgan fingerprint density at radius 2 is 2.23 bits per heavy atom. The smallest absolute Gasteiger partial charge is 0.0478 e. The van der Waals surface area contributed by atoms with E-state index in [0.29, 0.717) is 0 Å². The first-order valence-corrected chi connectivity index (χ1v) is 5.31. The third-order valence-electron chi connectivity index (χ3n) is 3.79. The highest BCUT2D eigenvalue weighted by Crippen LogP contribution is 2.50. The summed E-state index contributed by atoms with van der Waals surface area (Å²) >= 11 is 0. The Labute approximate surface area is 80.6 Å². The maximum atomic E-state index is 5.91. The fourth-order valence-corrected chi connectivity index (χ4v) is 3.32. The molecule has 0 aliphatic heterocycles. The molecular weight excluding hydrogens is 162 g/mol. The van der Waals surface area contributed by atoms with Crippen LogP contribution in [0.1, 0.15) is 25.7 Å². The summed E-state index contributed by atoms with van der Waals surface area (Å²) in [5.41, 5.74) is 9.69. The number of fused-ring (bicyclic) bond motifs is 2. The number of nitrogens with two attached hydrogens (primary N) is 1. The van der Waals surface area contributed by atoms with Gasteiger partial charge in [0.2, 0.25) is 0 Å². The van der Waals surface area contributed by atoms with Crippen molar-refractivity contribution in [2.24, 2.45) is 17.6 Å². The quantitative estimate of drug-likeness (QED) is 0.629. The number of hydrogen-bond acceptors (Lipinski definition) is 3. The molecule has 76 valence electrons. The third kappa shape index (κ3) is 1.49. The Balaban J connectivity index is 2.08. The van der Waals surface area contributed by atoms with Gasteiger partial charge in [-0.15, -0.1) is 0 Å². The molecule has 3 atom stereocenters. The highest BCUT2D eigenvalue weighted by Gasteiger charge is 2.50. The van der Waals surface area contributed by atoms with Crippen LogP contribution in [0.4, 0.5) is 0 Å². The maximum absolute atomic E-state index is 5.91. The normalized spacial score (nSPS) is 43.4. The minimum Gasteiger partial charge on any atom is -0.329 e. The molecule has 2 aliphatic rings. The molecule has 3 nitrogen and oxygen atoms in total. The standard InChI is InChI=1S/C10H21N3/c1-13(2)12-10(7-11)6-8-3-4-9(10)5-8/h8-9,12H,3-7,11H2,1-2H3. The topological polar surface area (TPSA) is 41.3 Å². The molecule has 0 heterocycles. The highest BCUT2D eigenvalue weighted by molar-refractivity contribution is 5.06. The van der Waals surface area contributed by atoms with Crippen molar-refractivity contribution in [2.45, 2.75) is 31.2 Å². The summed E-state index contributed by atoms with van der Waals surface area (Å²) in [6.45, 7) is 0.784. The van der Waals surface area contributed by atoms with Gasteiger partial charge in [0.1, 0.15) is 0 Å². The monoisotopic (exact) mass is 183 g/mol. The Bertz CT molecular complexity index is 193. The van der Waals surface area contributed by atoms with E-state index in [2.05, 4.69) is 24.5 Å². The van der Waals surface area contributed by atoms with E-state index in [1.807, 2.05) is 0 Å². The predicted molar refractivity (Wildman–Crippen MR) is 54.1 cm³/mol. The van der Waals surface area contributed by atoms with Gasteiger partial charge in [0.05, 0.1) is 0 Å². The van der Waals surface area contributed by atoms with E-state index in [1.165, 1.54) is 25.7 Å². The van der Waals surface area contributed by atoms with E-state index in [4.69, 9.17) is 5.73 Å². The lowest BCUT2D eigenvalue weighted by atomic mass is 9.81. The van der Waals surface area contributed by atoms with Crippen molar-refractivity contribution in [3.63, 3.8) is 0 Å². The van der Waals surface area contributed by atoms with Gasteiger partial charge in [-0.25, -0.2) is 5.43 Å². The van der Waals surface area contributed by atoms with Crippen molar-refractivity contribution < 1.29 is 0 Å². The predicted octanol–water partition coefficient (Wildman–Crippen LogP) is 0.570. The van der Waals surface area contributed by atoms with Crippen LogP contribution in [0.5, 0.6) is 0 Å². The van der Waals surface area contributed by atoms with Gasteiger partial charge < -0.3 is 5.73 Å². The van der Waals surface area contributed by atoms with Gasteiger partial charge in [-0.3, -0.25) is 5.01 Å². The van der Waals surface area contributed by atoms with Crippen molar-refractivity contribution in [1.82, 2.24) is 10.4 Å². The average Bonchev–Trinajstić information content (AvgIpc) is 2.62. The molecule has 2 bridgehead atoms. The van der Waals surface area contributed by atoms with Crippen LogP contribution in [-0.2, 0) is 0 Å². The van der Waals surface area contributed by atoms with Crippen LogP contribution >= 0.6 is 0 Å². The maximum Gasteiger partial charge on any atom is 0.0478 e. The summed E-state index contributed by atoms with van der Waals surface area (Å²) in [6.07, 6.45) is 5.49. The first-order chi connectivity index (χ1) is 6.16. The van der Waals surface area contributed by atoms with Gasteiger partial charge in [-0.1, -0.05) is 6.42 Å². The first kappa shape index (κ1) is 9.44. The lowest BCUT2D eigenvalue weighted by Crippen LogP contribution is -2.59. The van der Waals surface area contributed by atoms with E-state index in [9.17, 15) is 0 Å². The van der Waals surface area contributed by atoms with Gasteiger partial charge in [0.25, 0.3) is 0 Å². The van der Waals surface area contributed by atoms with Crippen LogP contribution in [0.2, 0.25) is 0 Å². The minimum atomic E-state index is 0.229. The van der Waals surface area contributed by atoms with E-state index in [-0.39, 0.29) is 5.54 Å².